The third kappa shape index (κ3) is 5.55. The summed E-state index contributed by atoms with van der Waals surface area (Å²) in [6.45, 7) is 0.481. The van der Waals surface area contributed by atoms with Crippen molar-refractivity contribution in [1.29, 1.82) is 0 Å². The minimum Gasteiger partial charge on any atom is -0.352 e. The summed E-state index contributed by atoms with van der Waals surface area (Å²) in [7, 11) is 0. The molecule has 0 saturated heterocycles. The van der Waals surface area contributed by atoms with E-state index in [9.17, 15) is 4.79 Å². The molecule has 1 N–H and O–H groups in total. The number of thioether (sulfide) groups is 2. The molecule has 0 bridgehead atoms. The van der Waals surface area contributed by atoms with E-state index in [4.69, 9.17) is 4.52 Å². The quantitative estimate of drug-likeness (QED) is 0.584. The van der Waals surface area contributed by atoms with Gasteiger partial charge in [0, 0.05) is 6.54 Å². The Bertz CT molecular complexity index is 821. The lowest BCUT2D eigenvalue weighted by Crippen LogP contribution is -2.24. The molecule has 2 heterocycles. The lowest BCUT2D eigenvalue weighted by atomic mass is 10.2. The maximum atomic E-state index is 12.0. The summed E-state index contributed by atoms with van der Waals surface area (Å²) in [5.41, 5.74) is 1.04. The molecule has 0 radical (unpaired) electrons. The van der Waals surface area contributed by atoms with E-state index >= 15 is 0 Å². The normalized spacial score (nSPS) is 10.8. The second kappa shape index (κ2) is 8.97. The number of hydrogen-bond donors (Lipinski definition) is 1. The van der Waals surface area contributed by atoms with Gasteiger partial charge in [-0.3, -0.25) is 4.79 Å². The van der Waals surface area contributed by atoms with E-state index in [0.29, 0.717) is 24.0 Å². The van der Waals surface area contributed by atoms with Gasteiger partial charge < -0.3 is 9.84 Å². The summed E-state index contributed by atoms with van der Waals surface area (Å²) >= 11 is 4.57. The lowest BCUT2D eigenvalue weighted by molar-refractivity contribution is -0.120. The van der Waals surface area contributed by atoms with E-state index in [1.165, 1.54) is 23.1 Å². The Balaban J connectivity index is 1.45. The minimum atomic E-state index is -0.141. The van der Waals surface area contributed by atoms with Crippen LogP contribution >= 0.6 is 34.9 Å². The number of rotatable bonds is 8. The van der Waals surface area contributed by atoms with Crippen LogP contribution in [-0.4, -0.2) is 32.5 Å². The molecule has 0 spiro atoms. The fourth-order valence-electron chi connectivity index (χ4n) is 1.88. The van der Waals surface area contributed by atoms with Gasteiger partial charge in [0.05, 0.1) is 12.2 Å². The number of hydrogen-bond acceptors (Lipinski definition) is 9. The summed E-state index contributed by atoms with van der Waals surface area (Å²) in [4.78, 5) is 16.2. The molecule has 7 nitrogen and oxygen atoms in total. The Labute approximate surface area is 157 Å². The number of amides is 1. The van der Waals surface area contributed by atoms with Gasteiger partial charge >= 0.3 is 0 Å². The predicted molar refractivity (Wildman–Crippen MR) is 97.5 cm³/mol. The van der Waals surface area contributed by atoms with Crippen LogP contribution in [0.5, 0.6) is 0 Å². The van der Waals surface area contributed by atoms with Crippen LogP contribution < -0.4 is 5.32 Å². The molecule has 3 aromatic rings. The first-order chi connectivity index (χ1) is 12.2. The fourth-order valence-corrected chi connectivity index (χ4v) is 4.16. The van der Waals surface area contributed by atoms with Crippen LogP contribution in [0, 0.1) is 0 Å². The standard InChI is InChI=1S/C15H15N5O2S3/c1-23-14-18-19-15(25-14)24-9-13-17-11(20-22-13)7-12(21)16-8-10-5-3-2-4-6-10/h2-6H,7-9H2,1H3,(H,16,21). The Hall–Kier alpha value is -1.91. The number of nitrogens with zero attached hydrogens (tertiary/aromatic N) is 4. The first kappa shape index (κ1) is 17.9. The monoisotopic (exact) mass is 393 g/mol. The van der Waals surface area contributed by atoms with E-state index in [1.807, 2.05) is 36.6 Å². The van der Waals surface area contributed by atoms with Crippen LogP contribution in [0.15, 0.2) is 43.5 Å². The Morgan fingerprint density at radius 1 is 1.24 bits per heavy atom. The van der Waals surface area contributed by atoms with Crippen LogP contribution in [0.4, 0.5) is 0 Å². The maximum Gasteiger partial charge on any atom is 0.237 e. The van der Waals surface area contributed by atoms with E-state index in [2.05, 4.69) is 25.7 Å². The first-order valence-corrected chi connectivity index (χ1v) is 10.4. The summed E-state index contributed by atoms with van der Waals surface area (Å²) in [6, 6.07) is 9.73. The molecule has 0 fully saturated rings. The van der Waals surface area contributed by atoms with Gasteiger partial charge in [-0.05, 0) is 11.8 Å². The molecule has 1 aromatic carbocycles. The van der Waals surface area contributed by atoms with Crippen molar-refractivity contribution >= 4 is 40.8 Å². The van der Waals surface area contributed by atoms with Gasteiger partial charge in [-0.2, -0.15) is 4.98 Å². The lowest BCUT2D eigenvalue weighted by Gasteiger charge is -2.03. The van der Waals surface area contributed by atoms with Crippen molar-refractivity contribution in [3.63, 3.8) is 0 Å². The van der Waals surface area contributed by atoms with Gasteiger partial charge in [-0.15, -0.1) is 10.2 Å². The van der Waals surface area contributed by atoms with Crippen LogP contribution in [0.2, 0.25) is 0 Å². The third-order valence-corrected chi connectivity index (χ3v) is 6.06. The molecule has 1 amide bonds. The molecule has 0 aliphatic rings. The molecule has 0 aliphatic heterocycles. The van der Waals surface area contributed by atoms with Crippen LogP contribution in [0.1, 0.15) is 17.3 Å². The first-order valence-electron chi connectivity index (χ1n) is 7.35. The highest BCUT2D eigenvalue weighted by atomic mass is 32.2. The van der Waals surface area contributed by atoms with Crippen molar-refractivity contribution in [1.82, 2.24) is 25.7 Å². The van der Waals surface area contributed by atoms with E-state index in [1.54, 1.807) is 11.8 Å². The van der Waals surface area contributed by atoms with E-state index < -0.39 is 0 Å². The summed E-state index contributed by atoms with van der Waals surface area (Å²) in [5.74, 6) is 1.21. The van der Waals surface area contributed by atoms with Crippen molar-refractivity contribution in [3.05, 3.63) is 47.6 Å². The Morgan fingerprint density at radius 2 is 2.04 bits per heavy atom. The Kier molecular flexibility index (Phi) is 6.42. The summed E-state index contributed by atoms with van der Waals surface area (Å²) < 4.78 is 6.94. The van der Waals surface area contributed by atoms with Gasteiger partial charge in [-0.1, -0.05) is 70.3 Å². The number of benzene rings is 1. The van der Waals surface area contributed by atoms with Gasteiger partial charge in [0.25, 0.3) is 0 Å². The SMILES string of the molecule is CSc1nnc(SCc2nc(CC(=O)NCc3ccccc3)no2)s1. The molecule has 0 atom stereocenters. The van der Waals surface area contributed by atoms with E-state index in [-0.39, 0.29) is 12.3 Å². The molecular weight excluding hydrogens is 378 g/mol. The number of nitrogens with one attached hydrogen (secondary N) is 1. The highest BCUT2D eigenvalue weighted by Crippen LogP contribution is 2.29. The number of carbonyl (C=O) groups is 1. The fraction of sp³-hybridized carbons (Fsp3) is 0.267. The maximum absolute atomic E-state index is 12.0. The molecular formula is C15H15N5O2S3. The number of aromatic nitrogens is 4. The van der Waals surface area contributed by atoms with Gasteiger partial charge in [0.1, 0.15) is 0 Å². The largest absolute Gasteiger partial charge is 0.352 e. The highest BCUT2D eigenvalue weighted by molar-refractivity contribution is 8.02. The van der Waals surface area contributed by atoms with Crippen LogP contribution in [-0.2, 0) is 23.5 Å². The molecule has 2 aromatic heterocycles. The summed E-state index contributed by atoms with van der Waals surface area (Å²) in [6.07, 6.45) is 2.05. The van der Waals surface area contributed by atoms with Gasteiger partial charge in [-0.25, -0.2) is 0 Å². The summed E-state index contributed by atoms with van der Waals surface area (Å²) in [5, 5.41) is 14.8. The molecule has 130 valence electrons. The van der Waals surface area contributed by atoms with Gasteiger partial charge in [0.15, 0.2) is 14.5 Å². The molecule has 3 rings (SSSR count). The second-order valence-electron chi connectivity index (χ2n) is 4.87. The average Bonchev–Trinajstić information content (AvgIpc) is 3.28. The van der Waals surface area contributed by atoms with Crippen molar-refractivity contribution in [2.75, 3.05) is 6.26 Å². The van der Waals surface area contributed by atoms with Gasteiger partial charge in [0.2, 0.25) is 11.8 Å². The molecule has 25 heavy (non-hydrogen) atoms. The Morgan fingerprint density at radius 3 is 2.80 bits per heavy atom. The van der Waals surface area contributed by atoms with E-state index in [0.717, 1.165) is 14.2 Å². The van der Waals surface area contributed by atoms with Crippen molar-refractivity contribution in [2.24, 2.45) is 0 Å². The highest BCUT2D eigenvalue weighted by Gasteiger charge is 2.12. The zero-order valence-corrected chi connectivity index (χ0v) is 15.8. The van der Waals surface area contributed by atoms with Crippen LogP contribution in [0.25, 0.3) is 0 Å². The number of carbonyl (C=O) groups excluding carboxylic acids is 1. The topological polar surface area (TPSA) is 93.8 Å². The third-order valence-electron chi connectivity index (χ3n) is 3.04. The van der Waals surface area contributed by atoms with Crippen molar-refractivity contribution in [2.45, 2.75) is 27.4 Å². The smallest absolute Gasteiger partial charge is 0.237 e. The van der Waals surface area contributed by atoms with Crippen molar-refractivity contribution < 1.29 is 9.32 Å². The second-order valence-corrected chi connectivity index (χ2v) is 8.12. The van der Waals surface area contributed by atoms with Crippen LogP contribution in [0.3, 0.4) is 0 Å². The zero-order valence-electron chi connectivity index (χ0n) is 13.3. The predicted octanol–water partition coefficient (Wildman–Crippen LogP) is 2.79. The average molecular weight is 394 g/mol. The molecule has 0 aliphatic carbocycles. The molecule has 0 unspecified atom stereocenters. The van der Waals surface area contributed by atoms with Crippen molar-refractivity contribution in [3.8, 4) is 0 Å². The minimum absolute atomic E-state index is 0.0937. The zero-order chi connectivity index (χ0) is 17.5. The molecule has 0 saturated carbocycles. The molecule has 10 heteroatoms.